The van der Waals surface area contributed by atoms with Crippen LogP contribution in [0.3, 0.4) is 0 Å². The highest BCUT2D eigenvalue weighted by atomic mass is 16.5. The normalized spacial score (nSPS) is 13.7. The number of hydrogen-bond donors (Lipinski definition) is 3. The molecule has 0 aromatic heterocycles. The first-order chi connectivity index (χ1) is 9.03. The first-order valence-corrected chi connectivity index (χ1v) is 5.91. The molecule has 0 fully saturated rings. The molecule has 0 amide bonds. The van der Waals surface area contributed by atoms with Crippen molar-refractivity contribution in [2.24, 2.45) is 5.73 Å². The highest BCUT2D eigenvalue weighted by Crippen LogP contribution is 2.31. The minimum absolute atomic E-state index is 0.226. The number of carboxylic acid groups (broad SMARTS) is 1. The molecule has 1 rings (SSSR count). The van der Waals surface area contributed by atoms with Gasteiger partial charge in [-0.25, -0.2) is 0 Å². The van der Waals surface area contributed by atoms with Gasteiger partial charge in [0, 0.05) is 11.6 Å². The average molecular weight is 268 g/mol. The van der Waals surface area contributed by atoms with E-state index >= 15 is 0 Å². The summed E-state index contributed by atoms with van der Waals surface area (Å²) in [4.78, 5) is 10.9. The van der Waals surface area contributed by atoms with E-state index in [0.29, 0.717) is 11.5 Å². The van der Waals surface area contributed by atoms with Crippen LogP contribution in [0.1, 0.15) is 18.0 Å². The van der Waals surface area contributed by atoms with Gasteiger partial charge < -0.3 is 25.6 Å². The van der Waals surface area contributed by atoms with Crippen LogP contribution in [0.2, 0.25) is 0 Å². The van der Waals surface area contributed by atoms with Crippen molar-refractivity contribution in [1.29, 1.82) is 0 Å². The molecule has 1 aromatic carbocycles. The van der Waals surface area contributed by atoms with Crippen molar-refractivity contribution in [2.45, 2.75) is 18.5 Å². The Morgan fingerprint density at radius 1 is 1.42 bits per heavy atom. The maximum absolute atomic E-state index is 10.9. The zero-order valence-electron chi connectivity index (χ0n) is 11.3. The maximum atomic E-state index is 10.9. The van der Waals surface area contributed by atoms with E-state index in [2.05, 4.69) is 5.32 Å². The van der Waals surface area contributed by atoms with Crippen LogP contribution in [0.25, 0.3) is 0 Å². The fourth-order valence-electron chi connectivity index (χ4n) is 1.87. The molecular weight excluding hydrogens is 248 g/mol. The number of nitrogens with two attached hydrogens (primary N) is 1. The molecule has 6 nitrogen and oxygen atoms in total. The Balaban J connectivity index is 3.04. The van der Waals surface area contributed by atoms with Gasteiger partial charge in [0.15, 0.2) is 0 Å². The molecule has 0 saturated carbocycles. The van der Waals surface area contributed by atoms with E-state index in [1.54, 1.807) is 33.4 Å². The number of ether oxygens (including phenoxy) is 2. The molecule has 0 heterocycles. The molecule has 2 atom stereocenters. The fraction of sp³-hybridized carbons (Fsp3) is 0.462. The van der Waals surface area contributed by atoms with Crippen molar-refractivity contribution >= 4 is 5.97 Å². The molecule has 0 aliphatic heterocycles. The fourth-order valence-corrected chi connectivity index (χ4v) is 1.87. The van der Waals surface area contributed by atoms with Crippen LogP contribution in [-0.2, 0) is 4.79 Å². The molecule has 0 saturated heterocycles. The summed E-state index contributed by atoms with van der Waals surface area (Å²) in [5.41, 5.74) is 6.40. The van der Waals surface area contributed by atoms with Gasteiger partial charge in [-0.1, -0.05) is 0 Å². The lowest BCUT2D eigenvalue weighted by Gasteiger charge is -2.21. The summed E-state index contributed by atoms with van der Waals surface area (Å²) < 4.78 is 10.5. The van der Waals surface area contributed by atoms with Gasteiger partial charge in [-0.3, -0.25) is 4.79 Å². The van der Waals surface area contributed by atoms with Crippen LogP contribution in [0.5, 0.6) is 11.5 Å². The first-order valence-electron chi connectivity index (χ1n) is 5.91. The molecule has 0 radical (unpaired) electrons. The monoisotopic (exact) mass is 268 g/mol. The number of aliphatic carboxylic acids is 1. The second-order valence-corrected chi connectivity index (χ2v) is 4.13. The van der Waals surface area contributed by atoms with E-state index in [9.17, 15) is 4.79 Å². The van der Waals surface area contributed by atoms with Gasteiger partial charge in [0.25, 0.3) is 0 Å². The Kier molecular flexibility index (Phi) is 5.59. The van der Waals surface area contributed by atoms with Crippen LogP contribution in [0.4, 0.5) is 0 Å². The molecule has 4 N–H and O–H groups in total. The molecule has 1 aromatic rings. The van der Waals surface area contributed by atoms with E-state index in [-0.39, 0.29) is 12.5 Å². The summed E-state index contributed by atoms with van der Waals surface area (Å²) in [5.74, 6) is 0.319. The van der Waals surface area contributed by atoms with Crippen molar-refractivity contribution in [3.8, 4) is 11.5 Å². The Bertz CT molecular complexity index is 437. The zero-order chi connectivity index (χ0) is 14.4. The third-order valence-electron chi connectivity index (χ3n) is 2.97. The van der Waals surface area contributed by atoms with E-state index in [4.69, 9.17) is 20.3 Å². The second-order valence-electron chi connectivity index (χ2n) is 4.13. The highest BCUT2D eigenvalue weighted by molar-refractivity contribution is 5.73. The largest absolute Gasteiger partial charge is 0.497 e. The molecule has 0 aliphatic carbocycles. The second kappa shape index (κ2) is 6.96. The number of nitrogens with one attached hydrogen (secondary N) is 1. The molecular formula is C13H20N2O4. The Hall–Kier alpha value is -1.79. The Morgan fingerprint density at radius 2 is 2.11 bits per heavy atom. The van der Waals surface area contributed by atoms with Gasteiger partial charge >= 0.3 is 5.97 Å². The van der Waals surface area contributed by atoms with Crippen molar-refractivity contribution in [1.82, 2.24) is 5.32 Å². The third kappa shape index (κ3) is 3.84. The highest BCUT2D eigenvalue weighted by Gasteiger charge is 2.22. The van der Waals surface area contributed by atoms with Crippen LogP contribution < -0.4 is 20.5 Å². The molecule has 0 spiro atoms. The summed E-state index contributed by atoms with van der Waals surface area (Å²) in [7, 11) is 4.89. The molecule has 0 aliphatic rings. The molecule has 6 heteroatoms. The number of methoxy groups -OCH3 is 2. The lowest BCUT2D eigenvalue weighted by Crippen LogP contribution is -2.34. The third-order valence-corrected chi connectivity index (χ3v) is 2.97. The number of rotatable bonds is 7. The van der Waals surface area contributed by atoms with E-state index < -0.39 is 12.0 Å². The van der Waals surface area contributed by atoms with Crippen LogP contribution in [0.15, 0.2) is 18.2 Å². The van der Waals surface area contributed by atoms with E-state index in [1.165, 1.54) is 0 Å². The lowest BCUT2D eigenvalue weighted by atomic mass is 9.98. The predicted octanol–water partition coefficient (Wildman–Crippen LogP) is 0.766. The van der Waals surface area contributed by atoms with Gasteiger partial charge in [0.2, 0.25) is 0 Å². The summed E-state index contributed by atoms with van der Waals surface area (Å²) in [6.45, 7) is 0. The van der Waals surface area contributed by atoms with Gasteiger partial charge in [-0.15, -0.1) is 0 Å². The standard InChI is InChI=1S/C13H20N2O4/c1-15-11(7-10(14)13(16)17)9-6-8(18-2)4-5-12(9)19-3/h4-6,10-11,15H,7,14H2,1-3H3,(H,16,17). The summed E-state index contributed by atoms with van der Waals surface area (Å²) in [6, 6.07) is 4.22. The smallest absolute Gasteiger partial charge is 0.320 e. The quantitative estimate of drug-likeness (QED) is 0.676. The summed E-state index contributed by atoms with van der Waals surface area (Å²) >= 11 is 0. The molecule has 0 bridgehead atoms. The summed E-state index contributed by atoms with van der Waals surface area (Å²) in [6.07, 6.45) is 0.259. The maximum Gasteiger partial charge on any atom is 0.320 e. The van der Waals surface area contributed by atoms with E-state index in [1.807, 2.05) is 6.07 Å². The van der Waals surface area contributed by atoms with Gasteiger partial charge in [0.05, 0.1) is 14.2 Å². The first kappa shape index (κ1) is 15.3. The zero-order valence-corrected chi connectivity index (χ0v) is 11.3. The van der Waals surface area contributed by atoms with Crippen molar-refractivity contribution < 1.29 is 19.4 Å². The SMILES string of the molecule is CNC(CC(N)C(=O)O)c1cc(OC)ccc1OC. The van der Waals surface area contributed by atoms with Crippen LogP contribution in [-0.4, -0.2) is 38.4 Å². The topological polar surface area (TPSA) is 93.8 Å². The minimum atomic E-state index is -1.03. The predicted molar refractivity (Wildman–Crippen MR) is 71.6 cm³/mol. The number of carbonyl (C=O) groups is 1. The van der Waals surface area contributed by atoms with Gasteiger partial charge in [-0.05, 0) is 31.7 Å². The lowest BCUT2D eigenvalue weighted by molar-refractivity contribution is -0.138. The minimum Gasteiger partial charge on any atom is -0.497 e. The molecule has 106 valence electrons. The van der Waals surface area contributed by atoms with Gasteiger partial charge in [-0.2, -0.15) is 0 Å². The van der Waals surface area contributed by atoms with Crippen LogP contribution >= 0.6 is 0 Å². The number of carboxylic acids is 1. The summed E-state index contributed by atoms with van der Waals surface area (Å²) in [5, 5.41) is 11.9. The Labute approximate surface area is 112 Å². The average Bonchev–Trinajstić information content (AvgIpc) is 2.43. The molecule has 2 unspecified atom stereocenters. The number of hydrogen-bond acceptors (Lipinski definition) is 5. The van der Waals surface area contributed by atoms with Crippen LogP contribution in [0, 0.1) is 0 Å². The molecule has 19 heavy (non-hydrogen) atoms. The van der Waals surface area contributed by atoms with Crippen molar-refractivity contribution in [2.75, 3.05) is 21.3 Å². The Morgan fingerprint density at radius 3 is 2.58 bits per heavy atom. The van der Waals surface area contributed by atoms with Crippen molar-refractivity contribution in [3.63, 3.8) is 0 Å². The van der Waals surface area contributed by atoms with Gasteiger partial charge in [0.1, 0.15) is 17.5 Å². The van der Waals surface area contributed by atoms with Crippen molar-refractivity contribution in [3.05, 3.63) is 23.8 Å². The number of benzene rings is 1. The van der Waals surface area contributed by atoms with E-state index in [0.717, 1.165) is 5.56 Å².